The van der Waals surface area contributed by atoms with E-state index in [1.165, 1.54) is 25.0 Å². The van der Waals surface area contributed by atoms with E-state index in [9.17, 15) is 0 Å². The lowest BCUT2D eigenvalue weighted by molar-refractivity contribution is 0.309. The Labute approximate surface area is 91.9 Å². The molecular formula is C12H21N3. The molecule has 0 radical (unpaired) electrons. The summed E-state index contributed by atoms with van der Waals surface area (Å²) < 4.78 is 1.89. The SMILES string of the molecule is CNC(c1ccn(C)n1)C1CCCC1C. The Morgan fingerprint density at radius 1 is 1.53 bits per heavy atom. The molecule has 1 aliphatic rings. The van der Waals surface area contributed by atoms with Crippen LogP contribution in [0.25, 0.3) is 0 Å². The third-order valence-electron chi connectivity index (χ3n) is 3.72. The summed E-state index contributed by atoms with van der Waals surface area (Å²) >= 11 is 0. The highest BCUT2D eigenvalue weighted by Crippen LogP contribution is 2.39. The highest BCUT2D eigenvalue weighted by atomic mass is 15.3. The van der Waals surface area contributed by atoms with Crippen LogP contribution in [0, 0.1) is 11.8 Å². The second-order valence-electron chi connectivity index (χ2n) is 4.75. The first kappa shape index (κ1) is 10.7. The van der Waals surface area contributed by atoms with Crippen molar-refractivity contribution >= 4 is 0 Å². The van der Waals surface area contributed by atoms with Crippen molar-refractivity contribution in [1.82, 2.24) is 15.1 Å². The molecule has 1 N–H and O–H groups in total. The Balaban J connectivity index is 2.16. The van der Waals surface area contributed by atoms with Gasteiger partial charge < -0.3 is 5.32 Å². The largest absolute Gasteiger partial charge is 0.311 e. The van der Waals surface area contributed by atoms with Gasteiger partial charge in [0.1, 0.15) is 0 Å². The molecule has 2 rings (SSSR count). The molecule has 3 unspecified atom stereocenters. The standard InChI is InChI=1S/C12H21N3/c1-9-5-4-6-10(9)12(13-2)11-7-8-15(3)14-11/h7-10,12-13H,4-6H2,1-3H3. The van der Waals surface area contributed by atoms with E-state index in [2.05, 4.69) is 23.4 Å². The van der Waals surface area contributed by atoms with E-state index in [4.69, 9.17) is 0 Å². The zero-order valence-corrected chi connectivity index (χ0v) is 9.90. The number of nitrogens with one attached hydrogen (secondary N) is 1. The Morgan fingerprint density at radius 2 is 2.33 bits per heavy atom. The van der Waals surface area contributed by atoms with Gasteiger partial charge in [0.15, 0.2) is 0 Å². The van der Waals surface area contributed by atoms with Gasteiger partial charge in [-0.3, -0.25) is 4.68 Å². The summed E-state index contributed by atoms with van der Waals surface area (Å²) in [4.78, 5) is 0. The van der Waals surface area contributed by atoms with Gasteiger partial charge in [-0.05, 0) is 31.4 Å². The quantitative estimate of drug-likeness (QED) is 0.822. The summed E-state index contributed by atoms with van der Waals surface area (Å²) in [7, 11) is 4.03. The van der Waals surface area contributed by atoms with Crippen LogP contribution in [0.2, 0.25) is 0 Å². The van der Waals surface area contributed by atoms with E-state index in [1.54, 1.807) is 0 Å². The molecule has 1 aromatic heterocycles. The van der Waals surface area contributed by atoms with E-state index >= 15 is 0 Å². The van der Waals surface area contributed by atoms with Crippen LogP contribution in [-0.2, 0) is 7.05 Å². The fraction of sp³-hybridized carbons (Fsp3) is 0.750. The van der Waals surface area contributed by atoms with Crippen LogP contribution in [0.4, 0.5) is 0 Å². The summed E-state index contributed by atoms with van der Waals surface area (Å²) in [6, 6.07) is 2.57. The fourth-order valence-corrected chi connectivity index (χ4v) is 2.85. The lowest BCUT2D eigenvalue weighted by atomic mass is 9.88. The van der Waals surface area contributed by atoms with Gasteiger partial charge in [-0.1, -0.05) is 19.8 Å². The Bertz CT molecular complexity index is 318. The normalized spacial score (nSPS) is 28.2. The molecular weight excluding hydrogens is 186 g/mol. The minimum atomic E-state index is 0.434. The van der Waals surface area contributed by atoms with Crippen LogP contribution in [0.3, 0.4) is 0 Å². The van der Waals surface area contributed by atoms with Gasteiger partial charge in [0.05, 0.1) is 11.7 Å². The van der Waals surface area contributed by atoms with E-state index in [0.29, 0.717) is 6.04 Å². The highest BCUT2D eigenvalue weighted by Gasteiger charge is 2.31. The second-order valence-corrected chi connectivity index (χ2v) is 4.75. The first-order valence-corrected chi connectivity index (χ1v) is 5.89. The van der Waals surface area contributed by atoms with Gasteiger partial charge in [-0.15, -0.1) is 0 Å². The Morgan fingerprint density at radius 3 is 2.80 bits per heavy atom. The first-order chi connectivity index (χ1) is 7.22. The van der Waals surface area contributed by atoms with Gasteiger partial charge in [0.2, 0.25) is 0 Å². The van der Waals surface area contributed by atoms with E-state index in [1.807, 2.05) is 25.0 Å². The van der Waals surface area contributed by atoms with Crippen LogP contribution in [-0.4, -0.2) is 16.8 Å². The molecule has 1 aromatic rings. The summed E-state index contributed by atoms with van der Waals surface area (Å²) in [5.74, 6) is 1.58. The minimum Gasteiger partial charge on any atom is -0.311 e. The lowest BCUT2D eigenvalue weighted by Crippen LogP contribution is -2.27. The molecule has 1 fully saturated rings. The molecule has 15 heavy (non-hydrogen) atoms. The van der Waals surface area contributed by atoms with Crippen LogP contribution in [0.1, 0.15) is 37.9 Å². The summed E-state index contributed by atoms with van der Waals surface area (Å²) in [5, 5.41) is 7.94. The van der Waals surface area contributed by atoms with Crippen molar-refractivity contribution in [3.8, 4) is 0 Å². The van der Waals surface area contributed by atoms with Gasteiger partial charge in [-0.25, -0.2) is 0 Å². The summed E-state index contributed by atoms with van der Waals surface area (Å²) in [5.41, 5.74) is 1.19. The number of hydrogen-bond donors (Lipinski definition) is 1. The topological polar surface area (TPSA) is 29.9 Å². The van der Waals surface area contributed by atoms with Crippen LogP contribution in [0.15, 0.2) is 12.3 Å². The van der Waals surface area contributed by atoms with Crippen LogP contribution >= 0.6 is 0 Å². The zero-order chi connectivity index (χ0) is 10.8. The molecule has 3 heteroatoms. The summed E-state index contributed by atoms with van der Waals surface area (Å²) in [6.45, 7) is 2.37. The molecule has 3 nitrogen and oxygen atoms in total. The van der Waals surface area contributed by atoms with Crippen molar-refractivity contribution in [2.45, 2.75) is 32.2 Å². The van der Waals surface area contributed by atoms with E-state index < -0.39 is 0 Å². The highest BCUT2D eigenvalue weighted by molar-refractivity contribution is 5.08. The van der Waals surface area contributed by atoms with Gasteiger partial charge in [0, 0.05) is 13.2 Å². The Hall–Kier alpha value is -0.830. The Kier molecular flexibility index (Phi) is 3.10. The summed E-state index contributed by atoms with van der Waals surface area (Å²) in [6.07, 6.45) is 6.11. The molecule has 3 atom stereocenters. The molecule has 1 aliphatic carbocycles. The van der Waals surface area contributed by atoms with Crippen LogP contribution in [0.5, 0.6) is 0 Å². The predicted molar refractivity (Wildman–Crippen MR) is 61.5 cm³/mol. The molecule has 1 heterocycles. The molecule has 0 saturated heterocycles. The van der Waals surface area contributed by atoms with Crippen molar-refractivity contribution in [3.63, 3.8) is 0 Å². The monoisotopic (exact) mass is 207 g/mol. The van der Waals surface area contributed by atoms with Crippen LogP contribution < -0.4 is 5.32 Å². The molecule has 0 aliphatic heterocycles. The zero-order valence-electron chi connectivity index (χ0n) is 9.90. The average Bonchev–Trinajstić information content (AvgIpc) is 2.79. The first-order valence-electron chi connectivity index (χ1n) is 5.89. The van der Waals surface area contributed by atoms with Crippen molar-refractivity contribution in [3.05, 3.63) is 18.0 Å². The molecule has 0 amide bonds. The number of hydrogen-bond acceptors (Lipinski definition) is 2. The molecule has 0 bridgehead atoms. The molecule has 84 valence electrons. The van der Waals surface area contributed by atoms with E-state index in [-0.39, 0.29) is 0 Å². The molecule has 1 saturated carbocycles. The number of aromatic nitrogens is 2. The minimum absolute atomic E-state index is 0.434. The van der Waals surface area contributed by atoms with Gasteiger partial charge >= 0.3 is 0 Å². The van der Waals surface area contributed by atoms with E-state index in [0.717, 1.165) is 11.8 Å². The van der Waals surface area contributed by atoms with Crippen molar-refractivity contribution in [2.24, 2.45) is 18.9 Å². The average molecular weight is 207 g/mol. The maximum Gasteiger partial charge on any atom is 0.0796 e. The number of aryl methyl sites for hydroxylation is 1. The fourth-order valence-electron chi connectivity index (χ4n) is 2.85. The lowest BCUT2D eigenvalue weighted by Gasteiger charge is -2.25. The van der Waals surface area contributed by atoms with Gasteiger partial charge in [-0.2, -0.15) is 5.10 Å². The molecule has 0 aromatic carbocycles. The van der Waals surface area contributed by atoms with Crippen molar-refractivity contribution < 1.29 is 0 Å². The third kappa shape index (κ3) is 2.07. The second kappa shape index (κ2) is 4.35. The maximum absolute atomic E-state index is 4.52. The molecule has 0 spiro atoms. The predicted octanol–water partition coefficient (Wildman–Crippen LogP) is 2.12. The van der Waals surface area contributed by atoms with Crippen molar-refractivity contribution in [1.29, 1.82) is 0 Å². The number of rotatable bonds is 3. The third-order valence-corrected chi connectivity index (χ3v) is 3.72. The van der Waals surface area contributed by atoms with Crippen molar-refractivity contribution in [2.75, 3.05) is 7.05 Å². The maximum atomic E-state index is 4.52. The van der Waals surface area contributed by atoms with Gasteiger partial charge in [0.25, 0.3) is 0 Å². The number of nitrogens with zero attached hydrogens (tertiary/aromatic N) is 2. The smallest absolute Gasteiger partial charge is 0.0796 e.